The van der Waals surface area contributed by atoms with E-state index in [1.54, 1.807) is 11.8 Å². The molecule has 0 fully saturated rings. The largest absolute Gasteiger partial charge is 0.486 e. The highest BCUT2D eigenvalue weighted by molar-refractivity contribution is 6.07. The van der Waals surface area contributed by atoms with Crippen LogP contribution >= 0.6 is 0 Å². The third-order valence-electron chi connectivity index (χ3n) is 4.96. The number of aromatic nitrogens is 1. The summed E-state index contributed by atoms with van der Waals surface area (Å²) in [5.74, 6) is 1.69. The van der Waals surface area contributed by atoms with Gasteiger partial charge in [-0.3, -0.25) is 4.79 Å². The maximum Gasteiger partial charge on any atom is 0.264 e. The van der Waals surface area contributed by atoms with Gasteiger partial charge in [-0.05, 0) is 31.0 Å². The summed E-state index contributed by atoms with van der Waals surface area (Å²) < 4.78 is 16.6. The van der Waals surface area contributed by atoms with Crippen LogP contribution in [0.15, 0.2) is 59.1 Å². The third-order valence-corrected chi connectivity index (χ3v) is 4.96. The smallest absolute Gasteiger partial charge is 0.264 e. The number of rotatable bonds is 6. The lowest BCUT2D eigenvalue weighted by atomic mass is 10.1. The quantitative estimate of drug-likeness (QED) is 0.597. The average molecular weight is 404 g/mol. The minimum absolute atomic E-state index is 0.153. The predicted molar refractivity (Wildman–Crippen MR) is 115 cm³/mol. The molecule has 6 heteroatoms. The number of carbonyl (C=O) groups is 1. The van der Waals surface area contributed by atoms with Crippen molar-refractivity contribution in [1.82, 2.24) is 5.16 Å². The highest BCUT2D eigenvalue weighted by Crippen LogP contribution is 2.35. The van der Waals surface area contributed by atoms with Crippen molar-refractivity contribution in [2.75, 3.05) is 24.7 Å². The van der Waals surface area contributed by atoms with Crippen molar-refractivity contribution >= 4 is 17.7 Å². The first kappa shape index (κ1) is 19.8. The Hall–Kier alpha value is -3.54. The van der Waals surface area contributed by atoms with Crippen molar-refractivity contribution in [1.29, 1.82) is 0 Å². The summed E-state index contributed by atoms with van der Waals surface area (Å²) in [5.41, 5.74) is 2.97. The topological polar surface area (TPSA) is 64.8 Å². The Morgan fingerprint density at radius 2 is 1.87 bits per heavy atom. The standard InChI is InChI=1S/C24H24N2O4/c1-3-20-23(17(2)30-25-20)24(27)26(13-7-10-18-8-5-4-6-9-18)19-11-12-21-22(16-19)29-15-14-28-21/h4-12,16H,3,13-15H2,1-2H3. The molecule has 0 N–H and O–H groups in total. The van der Waals surface area contributed by atoms with E-state index in [0.29, 0.717) is 54.7 Å². The number of hydrogen-bond donors (Lipinski definition) is 0. The molecule has 2 aromatic carbocycles. The van der Waals surface area contributed by atoms with Crippen LogP contribution in [-0.2, 0) is 6.42 Å². The lowest BCUT2D eigenvalue weighted by molar-refractivity contribution is 0.0987. The van der Waals surface area contributed by atoms with Crippen molar-refractivity contribution in [2.24, 2.45) is 0 Å². The molecule has 154 valence electrons. The molecule has 0 saturated carbocycles. The molecule has 1 aromatic heterocycles. The second-order valence-electron chi connectivity index (χ2n) is 6.97. The van der Waals surface area contributed by atoms with Crippen LogP contribution in [0.25, 0.3) is 6.08 Å². The Morgan fingerprint density at radius 1 is 1.10 bits per heavy atom. The Labute approximate surface area is 175 Å². The molecule has 0 atom stereocenters. The minimum Gasteiger partial charge on any atom is -0.486 e. The highest BCUT2D eigenvalue weighted by Gasteiger charge is 2.26. The molecule has 1 aliphatic heterocycles. The van der Waals surface area contributed by atoms with Gasteiger partial charge in [0, 0.05) is 18.3 Å². The van der Waals surface area contributed by atoms with Gasteiger partial charge < -0.3 is 18.9 Å². The van der Waals surface area contributed by atoms with Gasteiger partial charge in [0.05, 0.1) is 5.69 Å². The first-order valence-electron chi connectivity index (χ1n) is 10.1. The van der Waals surface area contributed by atoms with Crippen molar-refractivity contribution in [3.05, 3.63) is 77.2 Å². The van der Waals surface area contributed by atoms with Gasteiger partial charge in [-0.2, -0.15) is 0 Å². The lowest BCUT2D eigenvalue weighted by Crippen LogP contribution is -2.32. The molecule has 1 amide bonds. The Kier molecular flexibility index (Phi) is 5.84. The van der Waals surface area contributed by atoms with E-state index in [0.717, 1.165) is 11.3 Å². The zero-order valence-corrected chi connectivity index (χ0v) is 17.1. The zero-order chi connectivity index (χ0) is 20.9. The first-order chi connectivity index (χ1) is 14.7. The minimum atomic E-state index is -0.153. The van der Waals surface area contributed by atoms with E-state index < -0.39 is 0 Å². The second-order valence-corrected chi connectivity index (χ2v) is 6.97. The number of anilines is 1. The number of fused-ring (bicyclic) bond motifs is 1. The van der Waals surface area contributed by atoms with Gasteiger partial charge in [0.15, 0.2) is 11.5 Å². The van der Waals surface area contributed by atoms with Crippen molar-refractivity contribution in [2.45, 2.75) is 20.3 Å². The lowest BCUT2D eigenvalue weighted by Gasteiger charge is -2.24. The number of amides is 1. The van der Waals surface area contributed by atoms with Gasteiger partial charge >= 0.3 is 0 Å². The van der Waals surface area contributed by atoms with Gasteiger partial charge in [0.1, 0.15) is 24.5 Å². The third kappa shape index (κ3) is 4.08. The molecule has 0 unspecified atom stereocenters. The molecule has 3 aromatic rings. The fourth-order valence-electron chi connectivity index (χ4n) is 3.43. The maximum atomic E-state index is 13.5. The van der Waals surface area contributed by atoms with Crippen LogP contribution in [0.3, 0.4) is 0 Å². The molecule has 4 rings (SSSR count). The molecule has 6 nitrogen and oxygen atoms in total. The number of carbonyl (C=O) groups excluding carboxylic acids is 1. The van der Waals surface area contributed by atoms with Crippen LogP contribution in [0.5, 0.6) is 11.5 Å². The monoisotopic (exact) mass is 404 g/mol. The number of nitrogens with zero attached hydrogens (tertiary/aromatic N) is 2. The van der Waals surface area contributed by atoms with E-state index in [1.807, 2.05) is 67.6 Å². The average Bonchev–Trinajstić information content (AvgIpc) is 3.17. The predicted octanol–water partition coefficient (Wildman–Crippen LogP) is 4.68. The zero-order valence-electron chi connectivity index (χ0n) is 17.1. The molecule has 0 saturated heterocycles. The molecular weight excluding hydrogens is 380 g/mol. The summed E-state index contributed by atoms with van der Waals surface area (Å²) in [5, 5.41) is 4.04. The summed E-state index contributed by atoms with van der Waals surface area (Å²) in [4.78, 5) is 15.2. The number of ether oxygens (including phenoxy) is 2. The molecule has 1 aliphatic rings. The second kappa shape index (κ2) is 8.86. The van der Waals surface area contributed by atoms with Crippen molar-refractivity contribution in [3.63, 3.8) is 0 Å². The van der Waals surface area contributed by atoms with E-state index in [-0.39, 0.29) is 5.91 Å². The Morgan fingerprint density at radius 3 is 2.63 bits per heavy atom. The van der Waals surface area contributed by atoms with Crippen LogP contribution in [-0.4, -0.2) is 30.8 Å². The van der Waals surface area contributed by atoms with Crippen LogP contribution < -0.4 is 14.4 Å². The maximum absolute atomic E-state index is 13.5. The number of benzene rings is 2. The molecule has 0 spiro atoms. The van der Waals surface area contributed by atoms with Crippen LogP contribution in [0.2, 0.25) is 0 Å². The van der Waals surface area contributed by atoms with Crippen molar-refractivity contribution < 1.29 is 18.8 Å². The molecule has 2 heterocycles. The van der Waals surface area contributed by atoms with E-state index in [2.05, 4.69) is 5.16 Å². The summed E-state index contributed by atoms with van der Waals surface area (Å²) in [6, 6.07) is 15.5. The van der Waals surface area contributed by atoms with Gasteiger partial charge in [-0.25, -0.2) is 0 Å². The van der Waals surface area contributed by atoms with Gasteiger partial charge in [0.2, 0.25) is 0 Å². The molecule has 0 aliphatic carbocycles. The molecule has 0 bridgehead atoms. The summed E-state index contributed by atoms with van der Waals surface area (Å²) in [7, 11) is 0. The van der Waals surface area contributed by atoms with Gasteiger partial charge in [0.25, 0.3) is 5.91 Å². The SMILES string of the molecule is CCc1noc(C)c1C(=O)N(CC=Cc1ccccc1)c1ccc2c(c1)OCCO2. The van der Waals surface area contributed by atoms with Crippen molar-refractivity contribution in [3.8, 4) is 11.5 Å². The van der Waals surface area contributed by atoms with Gasteiger partial charge in [-0.15, -0.1) is 0 Å². The van der Waals surface area contributed by atoms with E-state index in [1.165, 1.54) is 0 Å². The summed E-state index contributed by atoms with van der Waals surface area (Å²) in [6.45, 7) is 5.12. The molecule has 30 heavy (non-hydrogen) atoms. The Balaban J connectivity index is 1.68. The number of hydrogen-bond acceptors (Lipinski definition) is 5. The molecular formula is C24H24N2O4. The molecule has 0 radical (unpaired) electrons. The van der Waals surface area contributed by atoms with Crippen LogP contribution in [0, 0.1) is 6.92 Å². The van der Waals surface area contributed by atoms with Gasteiger partial charge in [-0.1, -0.05) is 54.6 Å². The normalized spacial score (nSPS) is 12.9. The first-order valence-corrected chi connectivity index (χ1v) is 10.1. The fourth-order valence-corrected chi connectivity index (χ4v) is 3.43. The Bertz CT molecular complexity index is 1060. The summed E-state index contributed by atoms with van der Waals surface area (Å²) in [6.07, 6.45) is 4.59. The van der Waals surface area contributed by atoms with Crippen LogP contribution in [0.1, 0.15) is 34.3 Å². The fraction of sp³-hybridized carbons (Fsp3) is 0.250. The van der Waals surface area contributed by atoms with E-state index in [9.17, 15) is 4.79 Å². The van der Waals surface area contributed by atoms with E-state index >= 15 is 0 Å². The highest BCUT2D eigenvalue weighted by atomic mass is 16.6. The van der Waals surface area contributed by atoms with Crippen LogP contribution in [0.4, 0.5) is 5.69 Å². The summed E-state index contributed by atoms with van der Waals surface area (Å²) >= 11 is 0. The van der Waals surface area contributed by atoms with E-state index in [4.69, 9.17) is 14.0 Å². The number of aryl methyl sites for hydroxylation is 2.